The molecule has 2 amide bonds. The molecule has 2 aliphatic rings. The van der Waals surface area contributed by atoms with E-state index in [9.17, 15) is 9.59 Å². The molecular weight excluding hydrogens is 342 g/mol. The van der Waals surface area contributed by atoms with Gasteiger partial charge in [0.2, 0.25) is 5.91 Å². The first kappa shape index (κ1) is 17.9. The van der Waals surface area contributed by atoms with Gasteiger partial charge in [0.25, 0.3) is 5.91 Å². The first-order valence-electron chi connectivity index (χ1n) is 9.91. The Balaban J connectivity index is 1.44. The number of aryl methyl sites for hydroxylation is 1. The van der Waals surface area contributed by atoms with Gasteiger partial charge < -0.3 is 9.80 Å². The summed E-state index contributed by atoms with van der Waals surface area (Å²) < 4.78 is 1.67. The minimum Gasteiger partial charge on any atom is -0.340 e. The van der Waals surface area contributed by atoms with Gasteiger partial charge in [-0.1, -0.05) is 0 Å². The number of amides is 2. The summed E-state index contributed by atoms with van der Waals surface area (Å²) in [5.41, 5.74) is 2.19. The average Bonchev–Trinajstić information content (AvgIpc) is 3.10. The van der Waals surface area contributed by atoms with Crippen LogP contribution >= 0.6 is 0 Å². The van der Waals surface area contributed by atoms with Gasteiger partial charge in [-0.2, -0.15) is 5.10 Å². The van der Waals surface area contributed by atoms with E-state index < -0.39 is 0 Å². The maximum atomic E-state index is 13.0. The van der Waals surface area contributed by atoms with E-state index in [-0.39, 0.29) is 11.8 Å². The minimum atomic E-state index is 0.00636. The highest BCUT2D eigenvalue weighted by molar-refractivity contribution is 5.99. The number of carbonyl (C=O) groups excluding carboxylic acids is 2. The third kappa shape index (κ3) is 3.42. The van der Waals surface area contributed by atoms with Gasteiger partial charge >= 0.3 is 0 Å². The van der Waals surface area contributed by atoms with Crippen LogP contribution in [0.5, 0.6) is 0 Å². The molecule has 0 N–H and O–H groups in total. The van der Waals surface area contributed by atoms with Crippen molar-refractivity contribution < 1.29 is 9.59 Å². The van der Waals surface area contributed by atoms with Crippen LogP contribution in [-0.4, -0.2) is 61.9 Å². The minimum absolute atomic E-state index is 0.00636. The van der Waals surface area contributed by atoms with Crippen molar-refractivity contribution >= 4 is 17.5 Å². The Hall–Kier alpha value is -2.44. The van der Waals surface area contributed by atoms with Crippen molar-refractivity contribution in [3.8, 4) is 0 Å². The van der Waals surface area contributed by atoms with Crippen LogP contribution in [0.3, 0.4) is 0 Å². The van der Waals surface area contributed by atoms with Crippen molar-refractivity contribution in [2.45, 2.75) is 52.0 Å². The Morgan fingerprint density at radius 3 is 2.59 bits per heavy atom. The summed E-state index contributed by atoms with van der Waals surface area (Å²) in [5, 5.41) is 4.28. The van der Waals surface area contributed by atoms with Crippen LogP contribution in [0, 0.1) is 12.8 Å². The molecule has 0 spiro atoms. The fourth-order valence-electron chi connectivity index (χ4n) is 4.62. The number of carbonyl (C=O) groups is 2. The number of hydrogen-bond donors (Lipinski definition) is 0. The second kappa shape index (κ2) is 7.29. The zero-order valence-electron chi connectivity index (χ0n) is 16.1. The lowest BCUT2D eigenvalue weighted by Crippen LogP contribution is -2.50. The molecule has 7 heteroatoms. The summed E-state index contributed by atoms with van der Waals surface area (Å²) in [5.74, 6) is 0.681. The third-order valence-electron chi connectivity index (χ3n) is 6.04. The third-order valence-corrected chi connectivity index (χ3v) is 6.04. The van der Waals surface area contributed by atoms with Gasteiger partial charge in [-0.3, -0.25) is 9.59 Å². The van der Waals surface area contributed by atoms with E-state index in [2.05, 4.69) is 15.0 Å². The summed E-state index contributed by atoms with van der Waals surface area (Å²) in [6, 6.07) is 0.343. The Morgan fingerprint density at radius 2 is 1.85 bits per heavy atom. The summed E-state index contributed by atoms with van der Waals surface area (Å²) in [7, 11) is 0. The number of fused-ring (bicyclic) bond motifs is 1. The van der Waals surface area contributed by atoms with Gasteiger partial charge in [-0.05, 0) is 50.5 Å². The molecule has 0 bridgehead atoms. The Labute approximate surface area is 159 Å². The van der Waals surface area contributed by atoms with E-state index >= 15 is 0 Å². The van der Waals surface area contributed by atoms with E-state index in [1.165, 1.54) is 6.42 Å². The Kier molecular flexibility index (Phi) is 4.85. The molecule has 2 fully saturated rings. The highest BCUT2D eigenvalue weighted by Crippen LogP contribution is 2.31. The zero-order valence-corrected chi connectivity index (χ0v) is 16.1. The van der Waals surface area contributed by atoms with Crippen LogP contribution in [0.25, 0.3) is 5.65 Å². The monoisotopic (exact) mass is 369 g/mol. The average molecular weight is 369 g/mol. The standard InChI is InChI=1S/C20H27N5O2/c1-14-11-21-19-17(12-22-25(19)13-14)20(27)23-9-6-16(7-10-23)18-5-3-4-8-24(18)15(2)26/h11-13,16,18H,3-10H2,1-2H3/t18-/m1/s1. The van der Waals surface area contributed by atoms with Crippen molar-refractivity contribution in [1.82, 2.24) is 24.4 Å². The first-order valence-corrected chi connectivity index (χ1v) is 9.91. The van der Waals surface area contributed by atoms with Crippen LogP contribution in [-0.2, 0) is 4.79 Å². The largest absolute Gasteiger partial charge is 0.340 e. The number of likely N-dealkylation sites (tertiary alicyclic amines) is 2. The molecule has 27 heavy (non-hydrogen) atoms. The van der Waals surface area contributed by atoms with E-state index in [0.29, 0.717) is 23.2 Å². The number of piperidine rings is 2. The van der Waals surface area contributed by atoms with Gasteiger partial charge in [-0.15, -0.1) is 0 Å². The Bertz CT molecular complexity index is 853. The topological polar surface area (TPSA) is 70.8 Å². The second-order valence-corrected chi connectivity index (χ2v) is 7.86. The summed E-state index contributed by atoms with van der Waals surface area (Å²) in [6.07, 6.45) is 10.6. The molecule has 7 nitrogen and oxygen atoms in total. The van der Waals surface area contributed by atoms with E-state index in [4.69, 9.17) is 0 Å². The van der Waals surface area contributed by atoms with Crippen molar-refractivity contribution in [2.75, 3.05) is 19.6 Å². The van der Waals surface area contributed by atoms with Crippen LogP contribution in [0.15, 0.2) is 18.6 Å². The smallest absolute Gasteiger partial charge is 0.259 e. The number of hydrogen-bond acceptors (Lipinski definition) is 4. The lowest BCUT2D eigenvalue weighted by molar-refractivity contribution is -0.134. The van der Waals surface area contributed by atoms with Gasteiger partial charge in [0.1, 0.15) is 5.56 Å². The molecule has 2 aromatic rings. The zero-order chi connectivity index (χ0) is 19.0. The van der Waals surface area contributed by atoms with Crippen molar-refractivity contribution in [3.05, 3.63) is 29.7 Å². The molecule has 0 aliphatic carbocycles. The molecular formula is C20H27N5O2. The SMILES string of the molecule is CC(=O)N1CCCC[C@@H]1C1CCN(C(=O)c2cnn3cc(C)cnc23)CC1. The predicted molar refractivity (Wildman–Crippen MR) is 101 cm³/mol. The van der Waals surface area contributed by atoms with Gasteiger partial charge in [-0.25, -0.2) is 9.50 Å². The Morgan fingerprint density at radius 1 is 1.07 bits per heavy atom. The summed E-state index contributed by atoms with van der Waals surface area (Å²) >= 11 is 0. The van der Waals surface area contributed by atoms with Crippen molar-refractivity contribution in [3.63, 3.8) is 0 Å². The fraction of sp³-hybridized carbons (Fsp3) is 0.600. The number of aromatic nitrogens is 3. The van der Waals surface area contributed by atoms with Crippen molar-refractivity contribution in [2.24, 2.45) is 5.92 Å². The lowest BCUT2D eigenvalue weighted by atomic mass is 9.83. The van der Waals surface area contributed by atoms with Crippen LogP contribution in [0.2, 0.25) is 0 Å². The molecule has 2 saturated heterocycles. The molecule has 144 valence electrons. The predicted octanol–water partition coefficient (Wildman–Crippen LogP) is 2.29. The van der Waals surface area contributed by atoms with Gasteiger partial charge in [0.15, 0.2) is 5.65 Å². The maximum absolute atomic E-state index is 13.0. The number of rotatable bonds is 2. The second-order valence-electron chi connectivity index (χ2n) is 7.86. The molecule has 4 rings (SSSR count). The highest BCUT2D eigenvalue weighted by atomic mass is 16.2. The van der Waals surface area contributed by atoms with E-state index in [1.807, 2.05) is 18.0 Å². The molecule has 0 aromatic carbocycles. The van der Waals surface area contributed by atoms with Crippen LogP contribution in [0.4, 0.5) is 0 Å². The molecule has 0 saturated carbocycles. The van der Waals surface area contributed by atoms with E-state index in [1.54, 1.807) is 23.8 Å². The lowest BCUT2D eigenvalue weighted by Gasteiger charge is -2.43. The van der Waals surface area contributed by atoms with Crippen molar-refractivity contribution in [1.29, 1.82) is 0 Å². The highest BCUT2D eigenvalue weighted by Gasteiger charge is 2.35. The fourth-order valence-corrected chi connectivity index (χ4v) is 4.62. The van der Waals surface area contributed by atoms with Crippen LogP contribution < -0.4 is 0 Å². The molecule has 1 atom stereocenters. The van der Waals surface area contributed by atoms with E-state index in [0.717, 1.165) is 50.9 Å². The molecule has 0 radical (unpaired) electrons. The quantitative estimate of drug-likeness (QED) is 0.814. The maximum Gasteiger partial charge on any atom is 0.259 e. The first-order chi connectivity index (χ1) is 13.0. The summed E-state index contributed by atoms with van der Waals surface area (Å²) in [4.78, 5) is 33.3. The molecule has 0 unspecified atom stereocenters. The van der Waals surface area contributed by atoms with Crippen LogP contribution in [0.1, 0.15) is 54.9 Å². The summed E-state index contributed by atoms with van der Waals surface area (Å²) in [6.45, 7) is 5.98. The number of nitrogens with zero attached hydrogens (tertiary/aromatic N) is 5. The van der Waals surface area contributed by atoms with Gasteiger partial charge in [0.05, 0.1) is 6.20 Å². The normalized spacial score (nSPS) is 21.6. The molecule has 4 heterocycles. The molecule has 2 aromatic heterocycles. The van der Waals surface area contributed by atoms with Gasteiger partial charge in [0, 0.05) is 45.0 Å². The molecule has 2 aliphatic heterocycles.